The zero-order chi connectivity index (χ0) is 22.6. The highest BCUT2D eigenvalue weighted by atomic mass is 16.5. The summed E-state index contributed by atoms with van der Waals surface area (Å²) in [5.74, 6) is 0.339. The van der Waals surface area contributed by atoms with Crippen LogP contribution >= 0.6 is 0 Å². The molecule has 2 fully saturated rings. The summed E-state index contributed by atoms with van der Waals surface area (Å²) in [5.41, 5.74) is 0.805. The maximum absolute atomic E-state index is 13.1. The molecule has 1 aromatic rings. The van der Waals surface area contributed by atoms with Crippen molar-refractivity contribution in [3.63, 3.8) is 0 Å². The van der Waals surface area contributed by atoms with Crippen LogP contribution < -0.4 is 15.4 Å². The largest absolute Gasteiger partial charge is 0.497 e. The van der Waals surface area contributed by atoms with E-state index < -0.39 is 0 Å². The van der Waals surface area contributed by atoms with Gasteiger partial charge in [-0.1, -0.05) is 6.42 Å². The van der Waals surface area contributed by atoms with E-state index in [9.17, 15) is 14.4 Å². The van der Waals surface area contributed by atoms with Gasteiger partial charge in [-0.2, -0.15) is 0 Å². The van der Waals surface area contributed by atoms with E-state index >= 15 is 0 Å². The molecule has 2 aliphatic rings. The number of ether oxygens (including phenoxy) is 1. The summed E-state index contributed by atoms with van der Waals surface area (Å²) in [6, 6.07) is 5.28. The molecule has 0 aliphatic carbocycles. The molecule has 0 aromatic heterocycles. The Morgan fingerprint density at radius 3 is 2.55 bits per heavy atom. The Hall–Kier alpha value is -2.61. The van der Waals surface area contributed by atoms with Gasteiger partial charge >= 0.3 is 0 Å². The molecule has 2 N–H and O–H groups in total. The molecular formula is C23H34N4O4. The number of fused-ring (bicyclic) bond motifs is 1. The second-order valence-electron chi connectivity index (χ2n) is 8.75. The van der Waals surface area contributed by atoms with Crippen molar-refractivity contribution in [2.24, 2.45) is 0 Å². The number of nitrogens with zero attached hydrogens (tertiary/aromatic N) is 2. The number of rotatable bonds is 5. The number of anilines is 2. The van der Waals surface area contributed by atoms with Crippen molar-refractivity contribution in [2.45, 2.75) is 64.5 Å². The molecule has 2 saturated heterocycles. The molecule has 3 rings (SSSR count). The van der Waals surface area contributed by atoms with Crippen LogP contribution in [0.1, 0.15) is 52.9 Å². The molecule has 8 nitrogen and oxygen atoms in total. The number of likely N-dealkylation sites (tertiary alicyclic amines) is 2. The summed E-state index contributed by atoms with van der Waals surface area (Å²) in [4.78, 5) is 41.1. The van der Waals surface area contributed by atoms with Gasteiger partial charge in [0.2, 0.25) is 17.7 Å². The summed E-state index contributed by atoms with van der Waals surface area (Å²) in [5, 5.41) is 5.70. The third-order valence-electron chi connectivity index (χ3n) is 6.60. The van der Waals surface area contributed by atoms with E-state index in [-0.39, 0.29) is 35.8 Å². The lowest BCUT2D eigenvalue weighted by Gasteiger charge is -2.52. The molecule has 3 amide bonds. The lowest BCUT2D eigenvalue weighted by molar-refractivity contribution is -0.139. The van der Waals surface area contributed by atoms with E-state index in [4.69, 9.17) is 4.74 Å². The Morgan fingerprint density at radius 2 is 1.87 bits per heavy atom. The fourth-order valence-corrected chi connectivity index (χ4v) is 5.05. The van der Waals surface area contributed by atoms with E-state index in [1.54, 1.807) is 32.2 Å². The first kappa shape index (κ1) is 23.1. The number of methoxy groups -OCH3 is 1. The quantitative estimate of drug-likeness (QED) is 0.750. The number of nitrogens with one attached hydrogen (secondary N) is 2. The van der Waals surface area contributed by atoms with Crippen molar-refractivity contribution in [1.29, 1.82) is 0 Å². The number of carbonyl (C=O) groups is 3. The molecular weight excluding hydrogens is 396 g/mol. The van der Waals surface area contributed by atoms with Gasteiger partial charge in [-0.3, -0.25) is 19.3 Å². The van der Waals surface area contributed by atoms with Crippen LogP contribution in [-0.2, 0) is 14.4 Å². The van der Waals surface area contributed by atoms with Crippen molar-refractivity contribution >= 4 is 29.1 Å². The number of hydrogen-bond acceptors (Lipinski definition) is 5. The third-order valence-corrected chi connectivity index (χ3v) is 6.60. The average molecular weight is 431 g/mol. The lowest BCUT2D eigenvalue weighted by atomic mass is 9.79. The summed E-state index contributed by atoms with van der Waals surface area (Å²) in [6.07, 6.45) is 4.92. The van der Waals surface area contributed by atoms with Crippen molar-refractivity contribution in [2.75, 3.05) is 37.4 Å². The average Bonchev–Trinajstić information content (AvgIpc) is 2.87. The van der Waals surface area contributed by atoms with E-state index in [0.717, 1.165) is 45.2 Å². The van der Waals surface area contributed by atoms with Crippen LogP contribution in [0.5, 0.6) is 5.75 Å². The zero-order valence-corrected chi connectivity index (χ0v) is 19.0. The van der Waals surface area contributed by atoms with Gasteiger partial charge in [0.15, 0.2) is 0 Å². The predicted molar refractivity (Wildman–Crippen MR) is 120 cm³/mol. The molecule has 1 aromatic carbocycles. The van der Waals surface area contributed by atoms with Crippen LogP contribution in [0.3, 0.4) is 0 Å². The van der Waals surface area contributed by atoms with Gasteiger partial charge in [0.1, 0.15) is 5.75 Å². The van der Waals surface area contributed by atoms with Crippen LogP contribution in [0.2, 0.25) is 0 Å². The maximum atomic E-state index is 13.1. The number of piperidine rings is 1. The van der Waals surface area contributed by atoms with E-state index in [1.807, 2.05) is 4.90 Å². The van der Waals surface area contributed by atoms with Gasteiger partial charge in [-0.25, -0.2) is 0 Å². The van der Waals surface area contributed by atoms with Gasteiger partial charge in [0, 0.05) is 38.0 Å². The SMILES string of the molecule is COc1ccc(NC(C)=O)c(NC(=O)CN2CCCC[C@@H]3N(C(C)=O)CCC[C@@]32C)c1. The normalized spacial score (nSPS) is 24.0. The molecule has 0 unspecified atom stereocenters. The molecule has 0 bridgehead atoms. The molecule has 2 aliphatic heterocycles. The van der Waals surface area contributed by atoms with Crippen LogP contribution in [0, 0.1) is 0 Å². The summed E-state index contributed by atoms with van der Waals surface area (Å²) in [7, 11) is 1.56. The smallest absolute Gasteiger partial charge is 0.238 e. The van der Waals surface area contributed by atoms with Gasteiger partial charge in [-0.15, -0.1) is 0 Å². The Balaban J connectivity index is 1.79. The minimum absolute atomic E-state index is 0.110. The molecule has 0 radical (unpaired) electrons. The predicted octanol–water partition coefficient (Wildman–Crippen LogP) is 2.85. The standard InChI is InChI=1S/C23H34N4O4/c1-16(28)24-19-10-9-18(31-4)14-20(19)25-22(30)15-26-12-6-5-8-21-23(26,3)11-7-13-27(21)17(2)29/h9-10,14,21H,5-8,11-13,15H2,1-4H3,(H,24,28)(H,25,30)/t21-,23-/m0/s1. The highest BCUT2D eigenvalue weighted by Gasteiger charge is 2.47. The summed E-state index contributed by atoms with van der Waals surface area (Å²) in [6.45, 7) is 7.11. The molecule has 0 saturated carbocycles. The Morgan fingerprint density at radius 1 is 1.10 bits per heavy atom. The van der Waals surface area contributed by atoms with Crippen molar-refractivity contribution in [3.05, 3.63) is 18.2 Å². The fraction of sp³-hybridized carbons (Fsp3) is 0.609. The van der Waals surface area contributed by atoms with E-state index in [0.29, 0.717) is 17.1 Å². The lowest BCUT2D eigenvalue weighted by Crippen LogP contribution is -2.64. The Labute approximate surface area is 184 Å². The number of hydrogen-bond donors (Lipinski definition) is 2. The molecule has 8 heteroatoms. The molecule has 31 heavy (non-hydrogen) atoms. The van der Waals surface area contributed by atoms with Crippen LogP contribution in [0.4, 0.5) is 11.4 Å². The Kier molecular flexibility index (Phi) is 7.20. The van der Waals surface area contributed by atoms with Crippen LogP contribution in [0.25, 0.3) is 0 Å². The highest BCUT2D eigenvalue weighted by Crippen LogP contribution is 2.38. The first-order valence-electron chi connectivity index (χ1n) is 11.0. The van der Waals surface area contributed by atoms with Crippen molar-refractivity contribution < 1.29 is 19.1 Å². The summed E-state index contributed by atoms with van der Waals surface area (Å²) >= 11 is 0. The molecule has 2 heterocycles. The van der Waals surface area contributed by atoms with Crippen LogP contribution in [-0.4, -0.2) is 65.8 Å². The molecule has 0 spiro atoms. The maximum Gasteiger partial charge on any atom is 0.238 e. The highest BCUT2D eigenvalue weighted by molar-refractivity contribution is 5.99. The van der Waals surface area contributed by atoms with Gasteiger partial charge in [0.05, 0.1) is 25.0 Å². The summed E-state index contributed by atoms with van der Waals surface area (Å²) < 4.78 is 5.27. The first-order valence-corrected chi connectivity index (χ1v) is 11.0. The topological polar surface area (TPSA) is 91.0 Å². The fourth-order valence-electron chi connectivity index (χ4n) is 5.05. The third kappa shape index (κ3) is 5.18. The van der Waals surface area contributed by atoms with Gasteiger partial charge in [0.25, 0.3) is 0 Å². The van der Waals surface area contributed by atoms with Gasteiger partial charge in [-0.05, 0) is 51.3 Å². The monoisotopic (exact) mass is 430 g/mol. The zero-order valence-electron chi connectivity index (χ0n) is 19.0. The molecule has 170 valence electrons. The van der Waals surface area contributed by atoms with Crippen LogP contribution in [0.15, 0.2) is 18.2 Å². The number of amides is 3. The Bertz CT molecular complexity index is 843. The second kappa shape index (κ2) is 9.68. The first-order chi connectivity index (χ1) is 14.7. The number of benzene rings is 1. The number of carbonyl (C=O) groups excluding carboxylic acids is 3. The van der Waals surface area contributed by atoms with Gasteiger partial charge < -0.3 is 20.3 Å². The van der Waals surface area contributed by atoms with E-state index in [1.165, 1.54) is 6.92 Å². The minimum Gasteiger partial charge on any atom is -0.497 e. The van der Waals surface area contributed by atoms with Crippen molar-refractivity contribution in [1.82, 2.24) is 9.80 Å². The molecule has 2 atom stereocenters. The minimum atomic E-state index is -0.230. The van der Waals surface area contributed by atoms with Crippen molar-refractivity contribution in [3.8, 4) is 5.75 Å². The second-order valence-corrected chi connectivity index (χ2v) is 8.75. The van der Waals surface area contributed by atoms with E-state index in [2.05, 4.69) is 22.5 Å².